The van der Waals surface area contributed by atoms with E-state index in [9.17, 15) is 9.90 Å². The molecule has 5 fully saturated rings. The third kappa shape index (κ3) is 7.17. The van der Waals surface area contributed by atoms with Crippen LogP contribution in [0.5, 0.6) is 5.75 Å². The number of aliphatic hydroxyl groups excluding tert-OH is 1. The topological polar surface area (TPSA) is 116 Å². The van der Waals surface area contributed by atoms with E-state index in [-0.39, 0.29) is 18.5 Å². The fraction of sp³-hybridized carbons (Fsp3) is 0.675. The maximum atomic E-state index is 14.3. The Morgan fingerprint density at radius 2 is 2.00 bits per heavy atom. The average molecular weight is 691 g/mol. The van der Waals surface area contributed by atoms with E-state index in [1.54, 1.807) is 19.1 Å². The highest BCUT2D eigenvalue weighted by atomic mass is 16.7. The summed E-state index contributed by atoms with van der Waals surface area (Å²) in [7, 11) is 8.05. The van der Waals surface area contributed by atoms with E-state index < -0.39 is 24.2 Å². The molecule has 5 N–H and O–H groups in total. The number of nitrogens with zero attached hydrogens (tertiary/aromatic N) is 3. The van der Waals surface area contributed by atoms with E-state index in [4.69, 9.17) is 15.3 Å². The van der Waals surface area contributed by atoms with Crippen molar-refractivity contribution in [1.82, 2.24) is 20.6 Å². The van der Waals surface area contributed by atoms with Crippen LogP contribution in [0, 0.1) is 29.1 Å². The number of likely N-dealkylation sites (N-methyl/N-ethyl adjacent to an activating group) is 1. The zero-order valence-electron chi connectivity index (χ0n) is 31.6. The molecule has 50 heavy (non-hydrogen) atoms. The molecule has 5 aliphatic rings. The van der Waals surface area contributed by atoms with Gasteiger partial charge in [0, 0.05) is 68.5 Å². The first-order chi connectivity index (χ1) is 23.8. The van der Waals surface area contributed by atoms with Gasteiger partial charge < -0.3 is 36.0 Å². The van der Waals surface area contributed by atoms with Crippen molar-refractivity contribution in [3.63, 3.8) is 0 Å². The van der Waals surface area contributed by atoms with E-state index in [1.165, 1.54) is 31.4 Å². The number of rotatable bonds is 13. The smallest absolute Gasteiger partial charge is 0.240 e. The first kappa shape index (κ1) is 37.0. The van der Waals surface area contributed by atoms with Crippen LogP contribution >= 0.6 is 0 Å². The molecule has 2 bridgehead atoms. The molecule has 2 heterocycles. The van der Waals surface area contributed by atoms with Crippen molar-refractivity contribution in [3.8, 4) is 16.9 Å². The Bertz CT molecular complexity index is 1500. The number of nitrogens with one attached hydrogen (secondary N) is 2. The lowest BCUT2D eigenvalue weighted by Crippen LogP contribution is -2.62. The molecule has 7 rings (SSSR count). The largest absolute Gasteiger partial charge is 0.496 e. The SMILES string of the molecule is COc1c(CN2O[C@@H](CN)[C@@H]([C@H](C)O)[C@H]2C(=O)N[C@H]2C[C@H]3C[C@@H]([C@@H]2C)C3(C)C)cccc1-c1cc(CNC[C@H]2CCCN2C)cc(N(C)C)c1. The number of aliphatic hydroxyl groups is 1. The first-order valence-corrected chi connectivity index (χ1v) is 18.8. The summed E-state index contributed by atoms with van der Waals surface area (Å²) in [5.74, 6) is 1.80. The Kier molecular flexibility index (Phi) is 11.2. The van der Waals surface area contributed by atoms with Crippen molar-refractivity contribution in [3.05, 3.63) is 47.5 Å². The molecule has 2 aromatic rings. The number of benzene rings is 2. The van der Waals surface area contributed by atoms with E-state index in [2.05, 4.69) is 86.6 Å². The van der Waals surface area contributed by atoms with Gasteiger partial charge in [-0.1, -0.05) is 39.0 Å². The monoisotopic (exact) mass is 690 g/mol. The van der Waals surface area contributed by atoms with Gasteiger partial charge in [0.1, 0.15) is 11.8 Å². The molecule has 3 saturated carbocycles. The van der Waals surface area contributed by atoms with Gasteiger partial charge in [-0.25, -0.2) is 0 Å². The summed E-state index contributed by atoms with van der Waals surface area (Å²) in [6.07, 6.45) is 3.48. The highest BCUT2D eigenvalue weighted by Crippen LogP contribution is 2.61. The summed E-state index contributed by atoms with van der Waals surface area (Å²) < 4.78 is 6.15. The molecule has 10 nitrogen and oxygen atoms in total. The fourth-order valence-corrected chi connectivity index (χ4v) is 9.69. The number of ether oxygens (including phenoxy) is 1. The third-order valence-corrected chi connectivity index (χ3v) is 12.9. The number of likely N-dealkylation sites (tertiary alicyclic amines) is 1. The minimum Gasteiger partial charge on any atom is -0.496 e. The molecular weight excluding hydrogens is 628 g/mol. The van der Waals surface area contributed by atoms with Crippen LogP contribution in [0.2, 0.25) is 0 Å². The summed E-state index contributed by atoms with van der Waals surface area (Å²) in [6.45, 7) is 12.2. The lowest BCUT2D eigenvalue weighted by molar-refractivity contribution is -0.175. The zero-order valence-corrected chi connectivity index (χ0v) is 31.6. The van der Waals surface area contributed by atoms with Crippen molar-refractivity contribution >= 4 is 11.6 Å². The van der Waals surface area contributed by atoms with Gasteiger partial charge in [-0.2, -0.15) is 5.06 Å². The average Bonchev–Trinajstić information content (AvgIpc) is 3.67. The Morgan fingerprint density at radius 1 is 1.22 bits per heavy atom. The van der Waals surface area contributed by atoms with Crippen LogP contribution < -0.4 is 26.0 Å². The zero-order chi connectivity index (χ0) is 35.9. The number of anilines is 1. The van der Waals surface area contributed by atoms with Gasteiger partial charge in [0.15, 0.2) is 0 Å². The molecule has 9 atom stereocenters. The van der Waals surface area contributed by atoms with Gasteiger partial charge in [-0.15, -0.1) is 0 Å². The van der Waals surface area contributed by atoms with Crippen molar-refractivity contribution in [2.24, 2.45) is 34.8 Å². The molecule has 0 aromatic heterocycles. The number of carbonyl (C=O) groups excluding carboxylic acids is 1. The van der Waals surface area contributed by atoms with Crippen LogP contribution in [0.3, 0.4) is 0 Å². The normalized spacial score (nSPS) is 31.3. The summed E-state index contributed by atoms with van der Waals surface area (Å²) in [5, 5.41) is 19.9. The molecule has 0 unspecified atom stereocenters. The molecule has 2 aliphatic heterocycles. The standard InChI is InChI=1S/C40H62N6O4/c1-24-33-18-29(40(33,3)4)19-34(24)43-39(48)37-36(25(2)47)35(20-41)50-46(37)23-27-11-9-13-32(38(27)49-8)28-15-26(16-31(17-28)44(5)6)21-42-22-30-12-10-14-45(30)7/h9,11,13,15-17,24-25,29-30,33-37,42,47H,10,12,14,18-23,41H2,1-8H3,(H,43,48)/t24-,25-,29+,30+,33-,34-,35-,36+,37-/m0/s1. The Balaban J connectivity index is 1.25. The lowest BCUT2D eigenvalue weighted by Gasteiger charge is -2.62. The number of hydrogen-bond donors (Lipinski definition) is 4. The number of carbonyl (C=O) groups is 1. The van der Waals surface area contributed by atoms with Gasteiger partial charge in [0.25, 0.3) is 0 Å². The highest BCUT2D eigenvalue weighted by Gasteiger charge is 2.57. The predicted octanol–water partition coefficient (Wildman–Crippen LogP) is 4.24. The quantitative estimate of drug-likeness (QED) is 0.245. The van der Waals surface area contributed by atoms with Crippen LogP contribution in [0.4, 0.5) is 5.69 Å². The van der Waals surface area contributed by atoms with Crippen LogP contribution in [0.15, 0.2) is 36.4 Å². The van der Waals surface area contributed by atoms with Crippen LogP contribution in [-0.4, -0.2) is 99.2 Å². The summed E-state index contributed by atoms with van der Waals surface area (Å²) in [5.41, 5.74) is 11.8. The van der Waals surface area contributed by atoms with Gasteiger partial charge >= 0.3 is 0 Å². The van der Waals surface area contributed by atoms with Crippen LogP contribution in [0.25, 0.3) is 11.1 Å². The molecule has 276 valence electrons. The van der Waals surface area contributed by atoms with E-state index in [0.717, 1.165) is 47.6 Å². The number of methoxy groups -OCH3 is 1. The van der Waals surface area contributed by atoms with Crippen molar-refractivity contribution in [2.45, 2.75) is 96.8 Å². The van der Waals surface area contributed by atoms with Gasteiger partial charge in [0.2, 0.25) is 5.91 Å². The molecule has 3 aliphatic carbocycles. The van der Waals surface area contributed by atoms with Crippen molar-refractivity contribution in [1.29, 1.82) is 0 Å². The Morgan fingerprint density at radius 3 is 2.62 bits per heavy atom. The van der Waals surface area contributed by atoms with Crippen molar-refractivity contribution in [2.75, 3.05) is 52.8 Å². The van der Waals surface area contributed by atoms with Gasteiger partial charge in [-0.05, 0) is 98.7 Å². The second kappa shape index (κ2) is 15.1. The number of fused-ring (bicyclic) bond motifs is 2. The fourth-order valence-electron chi connectivity index (χ4n) is 9.69. The third-order valence-electron chi connectivity index (χ3n) is 12.9. The van der Waals surface area contributed by atoms with Crippen LogP contribution in [0.1, 0.15) is 64.5 Å². The van der Waals surface area contributed by atoms with Gasteiger partial charge in [0.05, 0.1) is 25.9 Å². The summed E-state index contributed by atoms with van der Waals surface area (Å²) >= 11 is 0. The van der Waals surface area contributed by atoms with Crippen molar-refractivity contribution < 1.29 is 19.5 Å². The predicted molar refractivity (Wildman–Crippen MR) is 200 cm³/mol. The Hall–Kier alpha value is -2.73. The number of amides is 1. The number of para-hydroxylation sites is 1. The second-order valence-electron chi connectivity index (χ2n) is 16.5. The second-order valence-corrected chi connectivity index (χ2v) is 16.5. The minimum atomic E-state index is -0.775. The van der Waals surface area contributed by atoms with Crippen LogP contribution in [-0.2, 0) is 22.7 Å². The highest BCUT2D eigenvalue weighted by molar-refractivity contribution is 5.83. The van der Waals surface area contributed by atoms with E-state index in [0.29, 0.717) is 35.8 Å². The molecule has 0 radical (unpaired) electrons. The lowest BCUT2D eigenvalue weighted by atomic mass is 9.45. The van der Waals surface area contributed by atoms with E-state index in [1.807, 2.05) is 12.1 Å². The summed E-state index contributed by atoms with van der Waals surface area (Å²) in [4.78, 5) is 25.3. The molecule has 1 amide bonds. The summed E-state index contributed by atoms with van der Waals surface area (Å²) in [6, 6.07) is 12.8. The molecule has 2 aromatic carbocycles. The molecular formula is C40H62N6O4. The Labute approximate surface area is 300 Å². The molecule has 0 spiro atoms. The number of hydrogen-bond acceptors (Lipinski definition) is 9. The molecule has 2 saturated heterocycles. The van der Waals surface area contributed by atoms with E-state index >= 15 is 0 Å². The number of nitrogens with two attached hydrogens (primary N) is 1. The van der Waals surface area contributed by atoms with Gasteiger partial charge in [-0.3, -0.25) is 9.63 Å². The maximum Gasteiger partial charge on any atom is 0.240 e. The first-order valence-electron chi connectivity index (χ1n) is 18.8. The molecule has 10 heteroatoms. The number of hydroxylamine groups is 2. The maximum absolute atomic E-state index is 14.3. The minimum absolute atomic E-state index is 0.0995.